The first-order valence-corrected chi connectivity index (χ1v) is 4.95. The Morgan fingerprint density at radius 2 is 1.77 bits per heavy atom. The van der Waals surface area contributed by atoms with E-state index in [0.29, 0.717) is 19.8 Å². The van der Waals surface area contributed by atoms with Gasteiger partial charge >= 0.3 is 0 Å². The van der Waals surface area contributed by atoms with Crippen molar-refractivity contribution < 1.29 is 14.6 Å². The lowest BCUT2D eigenvalue weighted by atomic mass is 10.1. The highest BCUT2D eigenvalue weighted by Crippen LogP contribution is 2.03. The van der Waals surface area contributed by atoms with Crippen LogP contribution in [0.15, 0.2) is 0 Å². The Morgan fingerprint density at radius 3 is 2.23 bits per heavy atom. The number of hydrogen-bond donors (Lipinski definition) is 1. The Balaban J connectivity index is 3.40. The van der Waals surface area contributed by atoms with Gasteiger partial charge in [0.1, 0.15) is 0 Å². The van der Waals surface area contributed by atoms with E-state index in [9.17, 15) is 5.11 Å². The second-order valence-electron chi connectivity index (χ2n) is 3.61. The minimum atomic E-state index is -0.371. The van der Waals surface area contributed by atoms with Gasteiger partial charge in [0.15, 0.2) is 0 Å². The molecule has 3 nitrogen and oxygen atoms in total. The van der Waals surface area contributed by atoms with Crippen LogP contribution in [-0.2, 0) is 9.47 Å². The molecule has 3 heteroatoms. The molecule has 0 saturated carbocycles. The molecule has 0 aliphatic heterocycles. The van der Waals surface area contributed by atoms with E-state index >= 15 is 0 Å². The molecule has 80 valence electrons. The maximum atomic E-state index is 9.43. The summed E-state index contributed by atoms with van der Waals surface area (Å²) in [7, 11) is 0. The zero-order valence-corrected chi connectivity index (χ0v) is 9.12. The number of rotatable bonds is 7. The van der Waals surface area contributed by atoms with E-state index in [0.717, 1.165) is 0 Å². The van der Waals surface area contributed by atoms with Gasteiger partial charge < -0.3 is 14.6 Å². The molecule has 0 rings (SSSR count). The normalized spacial score (nSPS) is 16.2. The molecule has 0 aromatic heterocycles. The van der Waals surface area contributed by atoms with Crippen molar-refractivity contribution in [1.82, 2.24) is 0 Å². The Labute approximate surface area is 81.0 Å². The quantitative estimate of drug-likeness (QED) is 0.660. The van der Waals surface area contributed by atoms with Crippen molar-refractivity contribution in [2.45, 2.75) is 39.9 Å². The first-order chi connectivity index (χ1) is 6.07. The Kier molecular flexibility index (Phi) is 7.23. The largest absolute Gasteiger partial charge is 0.390 e. The van der Waals surface area contributed by atoms with E-state index in [-0.39, 0.29) is 18.1 Å². The van der Waals surface area contributed by atoms with Crippen molar-refractivity contribution in [1.29, 1.82) is 0 Å². The highest BCUT2D eigenvalue weighted by Gasteiger charge is 2.11. The van der Waals surface area contributed by atoms with Crippen LogP contribution in [0.1, 0.15) is 27.7 Å². The summed E-state index contributed by atoms with van der Waals surface area (Å²) >= 11 is 0. The zero-order valence-electron chi connectivity index (χ0n) is 9.12. The first-order valence-electron chi connectivity index (χ1n) is 4.95. The molecule has 0 aromatic rings. The molecule has 0 aromatic carbocycles. The number of ether oxygens (including phenoxy) is 2. The number of hydrogen-bond acceptors (Lipinski definition) is 3. The summed E-state index contributed by atoms with van der Waals surface area (Å²) in [6.45, 7) is 9.55. The summed E-state index contributed by atoms with van der Waals surface area (Å²) in [4.78, 5) is 0. The Bertz CT molecular complexity index is 115. The third-order valence-electron chi connectivity index (χ3n) is 1.88. The maximum absolute atomic E-state index is 9.43. The Morgan fingerprint density at radius 1 is 1.15 bits per heavy atom. The van der Waals surface area contributed by atoms with Crippen molar-refractivity contribution in [2.24, 2.45) is 5.92 Å². The van der Waals surface area contributed by atoms with Crippen LogP contribution in [0.4, 0.5) is 0 Å². The number of aliphatic hydroxyl groups is 1. The van der Waals surface area contributed by atoms with Gasteiger partial charge in [-0.05, 0) is 19.8 Å². The lowest BCUT2D eigenvalue weighted by Gasteiger charge is -2.18. The second kappa shape index (κ2) is 7.30. The van der Waals surface area contributed by atoms with Crippen LogP contribution in [0.25, 0.3) is 0 Å². The minimum Gasteiger partial charge on any atom is -0.390 e. The fourth-order valence-electron chi connectivity index (χ4n) is 0.787. The minimum absolute atomic E-state index is 0.0633. The van der Waals surface area contributed by atoms with Crippen LogP contribution in [0.5, 0.6) is 0 Å². The summed E-state index contributed by atoms with van der Waals surface area (Å²) in [6.07, 6.45) is -0.308. The standard InChI is InChI=1S/C10H22O3/c1-5-12-6-9(4)13-7-10(11)8(2)3/h8-11H,5-7H2,1-4H3. The molecule has 0 saturated heterocycles. The van der Waals surface area contributed by atoms with Gasteiger partial charge in [-0.15, -0.1) is 0 Å². The van der Waals surface area contributed by atoms with Crippen LogP contribution in [0, 0.1) is 5.92 Å². The van der Waals surface area contributed by atoms with Crippen molar-refractivity contribution in [3.05, 3.63) is 0 Å². The molecular weight excluding hydrogens is 168 g/mol. The van der Waals surface area contributed by atoms with Gasteiger partial charge in [-0.1, -0.05) is 13.8 Å². The van der Waals surface area contributed by atoms with Crippen LogP contribution >= 0.6 is 0 Å². The molecule has 0 radical (unpaired) electrons. The molecule has 13 heavy (non-hydrogen) atoms. The summed E-state index contributed by atoms with van der Waals surface area (Å²) in [5, 5.41) is 9.43. The average molecular weight is 190 g/mol. The Hall–Kier alpha value is -0.120. The molecule has 0 heterocycles. The molecule has 0 aliphatic carbocycles. The maximum Gasteiger partial charge on any atom is 0.0796 e. The third kappa shape index (κ3) is 6.99. The van der Waals surface area contributed by atoms with E-state index in [4.69, 9.17) is 9.47 Å². The smallest absolute Gasteiger partial charge is 0.0796 e. The summed E-state index contributed by atoms with van der Waals surface area (Å²) in [5.74, 6) is 0.249. The van der Waals surface area contributed by atoms with Gasteiger partial charge in [0.25, 0.3) is 0 Å². The van der Waals surface area contributed by atoms with Gasteiger partial charge in [-0.25, -0.2) is 0 Å². The molecular formula is C10H22O3. The SMILES string of the molecule is CCOCC(C)OCC(O)C(C)C. The van der Waals surface area contributed by atoms with Crippen LogP contribution < -0.4 is 0 Å². The van der Waals surface area contributed by atoms with Gasteiger partial charge in [0, 0.05) is 6.61 Å². The molecule has 0 amide bonds. The fraction of sp³-hybridized carbons (Fsp3) is 1.00. The first kappa shape index (κ1) is 12.9. The summed E-state index contributed by atoms with van der Waals surface area (Å²) < 4.78 is 10.6. The lowest BCUT2D eigenvalue weighted by molar-refractivity contribution is -0.0493. The van der Waals surface area contributed by atoms with Gasteiger partial charge in [0.05, 0.1) is 25.4 Å². The van der Waals surface area contributed by atoms with Crippen LogP contribution in [0.2, 0.25) is 0 Å². The van der Waals surface area contributed by atoms with Crippen molar-refractivity contribution in [2.75, 3.05) is 19.8 Å². The highest BCUT2D eigenvalue weighted by molar-refractivity contribution is 4.59. The molecule has 0 fully saturated rings. The molecule has 0 aliphatic rings. The van der Waals surface area contributed by atoms with E-state index in [2.05, 4.69) is 0 Å². The average Bonchev–Trinajstić information content (AvgIpc) is 2.10. The molecule has 2 unspecified atom stereocenters. The lowest BCUT2D eigenvalue weighted by Crippen LogP contribution is -2.26. The highest BCUT2D eigenvalue weighted by atomic mass is 16.5. The van der Waals surface area contributed by atoms with Gasteiger partial charge in [0.2, 0.25) is 0 Å². The zero-order chi connectivity index (χ0) is 10.3. The summed E-state index contributed by atoms with van der Waals surface area (Å²) in [6, 6.07) is 0. The molecule has 0 spiro atoms. The second-order valence-corrected chi connectivity index (χ2v) is 3.61. The molecule has 1 N–H and O–H groups in total. The van der Waals surface area contributed by atoms with Crippen LogP contribution in [-0.4, -0.2) is 37.1 Å². The van der Waals surface area contributed by atoms with E-state index in [1.165, 1.54) is 0 Å². The van der Waals surface area contributed by atoms with Crippen molar-refractivity contribution in [3.8, 4) is 0 Å². The van der Waals surface area contributed by atoms with Crippen molar-refractivity contribution >= 4 is 0 Å². The van der Waals surface area contributed by atoms with Crippen LogP contribution in [0.3, 0.4) is 0 Å². The van der Waals surface area contributed by atoms with Gasteiger partial charge in [-0.3, -0.25) is 0 Å². The predicted octanol–water partition coefficient (Wildman–Crippen LogP) is 1.44. The van der Waals surface area contributed by atoms with E-state index in [1.54, 1.807) is 0 Å². The molecule has 2 atom stereocenters. The summed E-state index contributed by atoms with van der Waals surface area (Å²) in [5.41, 5.74) is 0. The van der Waals surface area contributed by atoms with Gasteiger partial charge in [-0.2, -0.15) is 0 Å². The fourth-order valence-corrected chi connectivity index (χ4v) is 0.787. The van der Waals surface area contributed by atoms with E-state index < -0.39 is 0 Å². The monoisotopic (exact) mass is 190 g/mol. The number of aliphatic hydroxyl groups excluding tert-OH is 1. The third-order valence-corrected chi connectivity index (χ3v) is 1.88. The molecule has 0 bridgehead atoms. The van der Waals surface area contributed by atoms with E-state index in [1.807, 2.05) is 27.7 Å². The van der Waals surface area contributed by atoms with Crippen molar-refractivity contribution in [3.63, 3.8) is 0 Å². The topological polar surface area (TPSA) is 38.7 Å². The predicted molar refractivity (Wildman–Crippen MR) is 52.8 cm³/mol.